The maximum Gasteiger partial charge on any atom is 0.274 e. The number of ether oxygens (including phenoxy) is 1. The smallest absolute Gasteiger partial charge is 0.274 e. The number of halogens is 3. The van der Waals surface area contributed by atoms with E-state index in [1.165, 1.54) is 16.8 Å². The van der Waals surface area contributed by atoms with Crippen LogP contribution in [0.15, 0.2) is 58.1 Å². The molecule has 9 rings (SSSR count). The number of rotatable bonds is 13. The Balaban J connectivity index is 0.810. The zero-order valence-electron chi connectivity index (χ0n) is 40.6. The SMILES string of the molecule is CCOc1cc(N2CCC(N3CCN(C(=O)[C@@H]4CCN(c5cc(F)c([C@H]6CCC(=O)NC6=O)c(F)c5)C4)CC3)CC2)c(CC)cc1Nc1ncc(Br)c(Nc2ccc3c(=O)n(C)ncc3c2P(C)(C)=O)n1. The Morgan fingerprint density at radius 2 is 1.61 bits per heavy atom. The van der Waals surface area contributed by atoms with Crippen LogP contribution in [0.25, 0.3) is 10.8 Å². The minimum atomic E-state index is -2.92. The van der Waals surface area contributed by atoms with Crippen molar-refractivity contribution in [3.05, 3.63) is 86.4 Å². The fourth-order valence-electron chi connectivity index (χ4n) is 10.6. The van der Waals surface area contributed by atoms with Gasteiger partial charge in [0.15, 0.2) is 0 Å². The summed E-state index contributed by atoms with van der Waals surface area (Å²) in [7, 11) is -1.34. The van der Waals surface area contributed by atoms with E-state index in [4.69, 9.17) is 9.72 Å². The molecule has 4 saturated heterocycles. The van der Waals surface area contributed by atoms with E-state index in [0.29, 0.717) is 94.7 Å². The van der Waals surface area contributed by atoms with Crippen LogP contribution in [0.1, 0.15) is 63.0 Å². The molecule has 376 valence electrons. The van der Waals surface area contributed by atoms with Crippen LogP contribution >= 0.6 is 23.1 Å². The Bertz CT molecular complexity index is 2990. The molecule has 0 aliphatic carbocycles. The van der Waals surface area contributed by atoms with Crippen molar-refractivity contribution in [1.82, 2.24) is 34.9 Å². The number of amides is 3. The highest BCUT2D eigenvalue weighted by Gasteiger charge is 2.37. The average Bonchev–Trinajstić information content (AvgIpc) is 3.85. The quantitative estimate of drug-likeness (QED) is 0.0844. The van der Waals surface area contributed by atoms with E-state index in [9.17, 15) is 23.7 Å². The molecule has 3 aromatic carbocycles. The minimum Gasteiger partial charge on any atom is -0.492 e. The highest BCUT2D eigenvalue weighted by Crippen LogP contribution is 2.42. The topological polar surface area (TPSA) is 187 Å². The van der Waals surface area contributed by atoms with Crippen molar-refractivity contribution < 1.29 is 32.5 Å². The molecular weight excluding hydrogens is 999 g/mol. The average molecular weight is 1060 g/mol. The zero-order valence-corrected chi connectivity index (χ0v) is 43.0. The Hall–Kier alpha value is -5.98. The summed E-state index contributed by atoms with van der Waals surface area (Å²) in [4.78, 5) is 68.7. The van der Waals surface area contributed by atoms with Crippen molar-refractivity contribution in [2.45, 2.75) is 64.3 Å². The van der Waals surface area contributed by atoms with Crippen molar-refractivity contribution in [1.29, 1.82) is 0 Å². The molecule has 0 bridgehead atoms. The third-order valence-electron chi connectivity index (χ3n) is 14.2. The summed E-state index contributed by atoms with van der Waals surface area (Å²) in [6, 6.07) is 10.5. The third kappa shape index (κ3) is 10.4. The lowest BCUT2D eigenvalue weighted by molar-refractivity contribution is -0.137. The molecule has 4 aliphatic heterocycles. The molecule has 0 radical (unpaired) electrons. The Labute approximate surface area is 419 Å². The Kier molecular flexibility index (Phi) is 14.5. The van der Waals surface area contributed by atoms with E-state index < -0.39 is 36.5 Å². The van der Waals surface area contributed by atoms with Crippen LogP contribution in [0, 0.1) is 17.6 Å². The molecule has 6 heterocycles. The predicted octanol–water partition coefficient (Wildman–Crippen LogP) is 6.62. The molecule has 4 fully saturated rings. The Morgan fingerprint density at radius 1 is 0.887 bits per heavy atom. The van der Waals surface area contributed by atoms with Crippen molar-refractivity contribution in [2.75, 3.05) is 92.7 Å². The summed E-state index contributed by atoms with van der Waals surface area (Å²) in [5.41, 5.74) is 3.26. The first-order valence-electron chi connectivity index (χ1n) is 24.3. The predicted molar refractivity (Wildman–Crippen MR) is 275 cm³/mol. The number of nitrogens with one attached hydrogen (secondary N) is 3. The van der Waals surface area contributed by atoms with Crippen LogP contribution in [-0.2, 0) is 32.4 Å². The first-order chi connectivity index (χ1) is 34.0. The molecule has 3 N–H and O–H groups in total. The second-order valence-electron chi connectivity index (χ2n) is 19.1. The molecule has 0 spiro atoms. The number of hydrogen-bond donors (Lipinski definition) is 3. The van der Waals surface area contributed by atoms with Gasteiger partial charge in [0.25, 0.3) is 5.56 Å². The van der Waals surface area contributed by atoms with Crippen LogP contribution in [0.2, 0.25) is 0 Å². The molecular formula is C50H59BrF2N11O6P. The number of piperidine rings is 2. The molecule has 21 heteroatoms. The van der Waals surface area contributed by atoms with Crippen LogP contribution in [-0.4, -0.2) is 126 Å². The number of piperazine rings is 1. The normalized spacial score (nSPS) is 19.4. The van der Waals surface area contributed by atoms with Gasteiger partial charge in [0.2, 0.25) is 23.7 Å². The number of carbonyl (C=O) groups excluding carboxylic acids is 3. The van der Waals surface area contributed by atoms with Crippen molar-refractivity contribution in [2.24, 2.45) is 13.0 Å². The van der Waals surface area contributed by atoms with E-state index in [-0.39, 0.29) is 35.8 Å². The second-order valence-corrected chi connectivity index (χ2v) is 23.1. The van der Waals surface area contributed by atoms with E-state index >= 15 is 8.78 Å². The van der Waals surface area contributed by atoms with Gasteiger partial charge < -0.3 is 34.6 Å². The maximum atomic E-state index is 15.3. The molecule has 3 amide bonds. The number of nitrogens with zero attached hydrogens (tertiary/aromatic N) is 8. The second kappa shape index (κ2) is 20.6. The van der Waals surface area contributed by atoms with Gasteiger partial charge in [-0.25, -0.2) is 18.4 Å². The summed E-state index contributed by atoms with van der Waals surface area (Å²) in [6.45, 7) is 13.2. The van der Waals surface area contributed by atoms with E-state index in [2.05, 4.69) is 70.8 Å². The largest absolute Gasteiger partial charge is 0.492 e. The van der Waals surface area contributed by atoms with Gasteiger partial charge in [-0.1, -0.05) is 6.92 Å². The van der Waals surface area contributed by atoms with Crippen molar-refractivity contribution in [3.63, 3.8) is 0 Å². The molecule has 5 aromatic rings. The van der Waals surface area contributed by atoms with Gasteiger partial charge in [-0.2, -0.15) is 10.1 Å². The van der Waals surface area contributed by atoms with Crippen LogP contribution in [0.5, 0.6) is 5.75 Å². The molecule has 17 nitrogen and oxygen atoms in total. The first kappa shape index (κ1) is 50.0. The minimum absolute atomic E-state index is 0.0215. The van der Waals surface area contributed by atoms with Gasteiger partial charge in [-0.05, 0) is 104 Å². The number of hydrogen-bond acceptors (Lipinski definition) is 14. The third-order valence-corrected chi connectivity index (χ3v) is 16.4. The fourth-order valence-corrected chi connectivity index (χ4v) is 12.4. The lowest BCUT2D eigenvalue weighted by Crippen LogP contribution is -2.55. The van der Waals surface area contributed by atoms with Crippen LogP contribution in [0.3, 0.4) is 0 Å². The monoisotopic (exact) mass is 1060 g/mol. The molecule has 2 aromatic heterocycles. The van der Waals surface area contributed by atoms with Gasteiger partial charge in [0.05, 0.1) is 45.9 Å². The highest BCUT2D eigenvalue weighted by atomic mass is 79.9. The van der Waals surface area contributed by atoms with E-state index in [1.54, 1.807) is 44.9 Å². The van der Waals surface area contributed by atoms with Gasteiger partial charge in [0.1, 0.15) is 30.3 Å². The van der Waals surface area contributed by atoms with E-state index in [0.717, 1.165) is 62.4 Å². The lowest BCUT2D eigenvalue weighted by Gasteiger charge is -2.44. The number of anilines is 6. The number of fused-ring (bicyclic) bond motifs is 1. The molecule has 71 heavy (non-hydrogen) atoms. The molecule has 0 unspecified atom stereocenters. The summed E-state index contributed by atoms with van der Waals surface area (Å²) < 4.78 is 52.4. The van der Waals surface area contributed by atoms with Crippen molar-refractivity contribution >= 4 is 91.4 Å². The number of carbonyl (C=O) groups is 3. The van der Waals surface area contributed by atoms with Gasteiger partial charge in [0, 0.05) is 112 Å². The summed E-state index contributed by atoms with van der Waals surface area (Å²) in [5.74, 6) is -2.67. The molecule has 2 atom stereocenters. The van der Waals surface area contributed by atoms with Crippen LogP contribution in [0.4, 0.5) is 43.3 Å². The summed E-state index contributed by atoms with van der Waals surface area (Å²) >= 11 is 3.58. The number of imide groups is 1. The molecule has 4 aliphatic rings. The van der Waals surface area contributed by atoms with Crippen LogP contribution < -0.4 is 41.4 Å². The first-order valence-corrected chi connectivity index (χ1v) is 27.7. The highest BCUT2D eigenvalue weighted by molar-refractivity contribution is 9.10. The standard InChI is InChI=1S/C50H59BrF2N11O6P/c1-6-29-22-40(57-50-54-27-36(51)46(59-50)56-39-10-8-33-35(45(39)71(4,5)69)26-55-60(3)49(33)68)42(70-7-2)25-41(29)62-16-13-31(14-17-62)61-18-20-63(21-19-61)48(67)30-12-15-64(28-30)32-23-37(52)44(38(53)24-32)34-9-11-43(65)58-47(34)66/h8,10,22-27,30-31,34H,6-7,9,11-21,28H2,1-5H3,(H,58,65,66)(H2,54,56,57,59)/t30-,34-/m1/s1. The van der Waals surface area contributed by atoms with Gasteiger partial charge in [-0.3, -0.25) is 29.4 Å². The summed E-state index contributed by atoms with van der Waals surface area (Å²) in [6.07, 6.45) is 6.57. The lowest BCUT2D eigenvalue weighted by atomic mass is 9.89. The van der Waals surface area contributed by atoms with Gasteiger partial charge in [-0.15, -0.1) is 0 Å². The fraction of sp³-hybridized carbons (Fsp3) is 0.460. The van der Waals surface area contributed by atoms with E-state index in [1.807, 2.05) is 16.7 Å². The molecule has 0 saturated carbocycles. The summed E-state index contributed by atoms with van der Waals surface area (Å²) in [5, 5.41) is 14.6. The zero-order chi connectivity index (χ0) is 50.3. The number of benzene rings is 3. The Morgan fingerprint density at radius 3 is 2.28 bits per heavy atom. The number of aromatic nitrogens is 4. The van der Waals surface area contributed by atoms with Crippen molar-refractivity contribution in [3.8, 4) is 5.75 Å². The number of aryl methyl sites for hydroxylation is 2. The van der Waals surface area contributed by atoms with Gasteiger partial charge >= 0.3 is 0 Å². The maximum absolute atomic E-state index is 15.3.